The number of primary amides is 1. The summed E-state index contributed by atoms with van der Waals surface area (Å²) >= 11 is 0. The number of carbonyl (C=O) groups excluding carboxylic acids is 3. The highest BCUT2D eigenvalue weighted by Gasteiger charge is 2.37. The van der Waals surface area contributed by atoms with Gasteiger partial charge in [-0.05, 0) is 63.8 Å². The number of anilines is 1. The van der Waals surface area contributed by atoms with Gasteiger partial charge in [-0.3, -0.25) is 14.6 Å². The van der Waals surface area contributed by atoms with Gasteiger partial charge < -0.3 is 20.3 Å². The van der Waals surface area contributed by atoms with E-state index in [-0.39, 0.29) is 24.0 Å². The van der Waals surface area contributed by atoms with E-state index in [0.717, 1.165) is 12.8 Å². The molecule has 0 radical (unpaired) electrons. The number of nitrogens with zero attached hydrogens (tertiary/aromatic N) is 4. The lowest BCUT2D eigenvalue weighted by atomic mass is 9.96. The van der Waals surface area contributed by atoms with Gasteiger partial charge >= 0.3 is 6.09 Å². The highest BCUT2D eigenvalue weighted by atomic mass is 19.1. The van der Waals surface area contributed by atoms with Crippen molar-refractivity contribution >= 4 is 29.3 Å². The zero-order chi connectivity index (χ0) is 24.3. The molecule has 10 heteroatoms. The van der Waals surface area contributed by atoms with Crippen LogP contribution in [0.3, 0.4) is 0 Å². The first kappa shape index (κ1) is 24.5. The smallest absolute Gasteiger partial charge is 0.410 e. The molecule has 9 nitrogen and oxygen atoms in total. The molecule has 2 unspecified atom stereocenters. The number of piperidine rings is 1. The Labute approximate surface area is 193 Å². The van der Waals surface area contributed by atoms with Crippen molar-refractivity contribution in [2.75, 3.05) is 31.7 Å². The van der Waals surface area contributed by atoms with Crippen molar-refractivity contribution in [1.82, 2.24) is 9.80 Å². The first-order chi connectivity index (χ1) is 15.4. The minimum Gasteiger partial charge on any atom is -0.444 e. The summed E-state index contributed by atoms with van der Waals surface area (Å²) < 4.78 is 18.7. The molecule has 2 aliphatic rings. The summed E-state index contributed by atoms with van der Waals surface area (Å²) in [4.78, 5) is 40.7. The summed E-state index contributed by atoms with van der Waals surface area (Å²) in [5.74, 6) is -1.18. The highest BCUT2D eigenvalue weighted by Crippen LogP contribution is 2.27. The lowest BCUT2D eigenvalue weighted by Crippen LogP contribution is -2.47. The quantitative estimate of drug-likeness (QED) is 0.724. The number of hydrogen-bond donors (Lipinski definition) is 1. The molecular formula is C23H32FN5O4. The summed E-state index contributed by atoms with van der Waals surface area (Å²) in [6.45, 7) is 6.96. The Morgan fingerprint density at radius 2 is 1.91 bits per heavy atom. The molecule has 1 aromatic rings. The van der Waals surface area contributed by atoms with Crippen LogP contribution in [0.2, 0.25) is 0 Å². The number of amides is 3. The van der Waals surface area contributed by atoms with Crippen molar-refractivity contribution in [3.8, 4) is 0 Å². The number of likely N-dealkylation sites (tertiary alicyclic amines) is 1. The van der Waals surface area contributed by atoms with Crippen LogP contribution in [0.4, 0.5) is 14.9 Å². The van der Waals surface area contributed by atoms with Crippen molar-refractivity contribution in [1.29, 1.82) is 0 Å². The van der Waals surface area contributed by atoms with Gasteiger partial charge in [0.15, 0.2) is 0 Å². The fourth-order valence-electron chi connectivity index (χ4n) is 4.08. The minimum atomic E-state index is -0.812. The molecule has 1 saturated heterocycles. The number of ether oxygens (including phenoxy) is 1. The number of benzene rings is 1. The highest BCUT2D eigenvalue weighted by molar-refractivity contribution is 6.40. The molecule has 0 aromatic heterocycles. The van der Waals surface area contributed by atoms with Gasteiger partial charge in [-0.2, -0.15) is 5.10 Å². The predicted molar refractivity (Wildman–Crippen MR) is 122 cm³/mol. The zero-order valence-electron chi connectivity index (χ0n) is 19.6. The van der Waals surface area contributed by atoms with E-state index in [9.17, 15) is 18.8 Å². The molecule has 0 spiro atoms. The van der Waals surface area contributed by atoms with Crippen LogP contribution in [-0.4, -0.2) is 71.7 Å². The third-order valence-electron chi connectivity index (χ3n) is 5.62. The van der Waals surface area contributed by atoms with E-state index in [2.05, 4.69) is 5.10 Å². The van der Waals surface area contributed by atoms with Crippen LogP contribution >= 0.6 is 0 Å². The zero-order valence-corrected chi connectivity index (χ0v) is 19.6. The molecule has 2 heterocycles. The Balaban J connectivity index is 1.67. The first-order valence-corrected chi connectivity index (χ1v) is 11.1. The third-order valence-corrected chi connectivity index (χ3v) is 5.62. The lowest BCUT2D eigenvalue weighted by Gasteiger charge is -2.35. The maximum atomic E-state index is 13.3. The molecule has 1 aromatic carbocycles. The van der Waals surface area contributed by atoms with Crippen LogP contribution in [0.15, 0.2) is 29.4 Å². The minimum absolute atomic E-state index is 0.0878. The Kier molecular flexibility index (Phi) is 7.24. The average molecular weight is 462 g/mol. The fraction of sp³-hybridized carbons (Fsp3) is 0.565. The Bertz CT molecular complexity index is 928. The van der Waals surface area contributed by atoms with Gasteiger partial charge in [-0.25, -0.2) is 9.18 Å². The molecule has 2 atom stereocenters. The van der Waals surface area contributed by atoms with E-state index in [1.165, 1.54) is 34.2 Å². The number of rotatable bonds is 5. The molecule has 180 valence electrons. The number of carbonyl (C=O) groups is 3. The van der Waals surface area contributed by atoms with Crippen LogP contribution in [0.5, 0.6) is 0 Å². The topological polar surface area (TPSA) is 109 Å². The third kappa shape index (κ3) is 6.21. The summed E-state index contributed by atoms with van der Waals surface area (Å²) in [6.07, 6.45) is 1.37. The first-order valence-electron chi connectivity index (χ1n) is 11.1. The van der Waals surface area contributed by atoms with Crippen LogP contribution < -0.4 is 10.7 Å². The van der Waals surface area contributed by atoms with Gasteiger partial charge in [-0.15, -0.1) is 0 Å². The maximum Gasteiger partial charge on any atom is 0.410 e. The largest absolute Gasteiger partial charge is 0.444 e. The lowest BCUT2D eigenvalue weighted by molar-refractivity contribution is -0.126. The van der Waals surface area contributed by atoms with Gasteiger partial charge in [0.1, 0.15) is 23.2 Å². The van der Waals surface area contributed by atoms with Crippen molar-refractivity contribution in [3.63, 3.8) is 0 Å². The van der Waals surface area contributed by atoms with Gasteiger partial charge in [0.05, 0.1) is 5.69 Å². The van der Waals surface area contributed by atoms with Crippen molar-refractivity contribution < 1.29 is 23.5 Å². The normalized spacial score (nSPS) is 20.9. The summed E-state index contributed by atoms with van der Waals surface area (Å²) in [7, 11) is 1.69. The molecule has 0 aliphatic carbocycles. The van der Waals surface area contributed by atoms with Crippen LogP contribution in [0.1, 0.15) is 40.0 Å². The molecule has 1 fully saturated rings. The molecule has 0 saturated carbocycles. The van der Waals surface area contributed by atoms with E-state index in [1.54, 1.807) is 11.9 Å². The number of hydrogen-bond acceptors (Lipinski definition) is 6. The van der Waals surface area contributed by atoms with Gasteiger partial charge in [-0.1, -0.05) is 0 Å². The molecule has 3 rings (SSSR count). The van der Waals surface area contributed by atoms with Crippen LogP contribution in [-0.2, 0) is 14.3 Å². The van der Waals surface area contributed by atoms with Crippen LogP contribution in [0, 0.1) is 11.7 Å². The van der Waals surface area contributed by atoms with Gasteiger partial charge in [0.25, 0.3) is 5.91 Å². The molecular weight excluding hydrogens is 429 g/mol. The summed E-state index contributed by atoms with van der Waals surface area (Å²) in [6, 6.07) is 4.70. The standard InChI is InChI=1S/C23H32FN5O4/c1-23(2,3)33-22(32)27(4)13-15-6-5-11-28(14-15)21(31)18-12-19(20(25)30)29(26-18)17-9-7-16(24)8-10-17/h7-10,15,19H,5-6,11-14H2,1-4H3,(H2,25,30). The molecule has 2 N–H and O–H groups in total. The van der Waals surface area contributed by atoms with Crippen LogP contribution in [0.25, 0.3) is 0 Å². The number of hydrazone groups is 1. The molecule has 0 bridgehead atoms. The van der Waals surface area contributed by atoms with Gasteiger partial charge in [0, 0.05) is 33.1 Å². The Morgan fingerprint density at radius 1 is 1.24 bits per heavy atom. The molecule has 33 heavy (non-hydrogen) atoms. The van der Waals surface area contributed by atoms with E-state index in [1.807, 2.05) is 20.8 Å². The average Bonchev–Trinajstić information content (AvgIpc) is 3.18. The predicted octanol–water partition coefficient (Wildman–Crippen LogP) is 2.35. The fourth-order valence-corrected chi connectivity index (χ4v) is 4.08. The van der Waals surface area contributed by atoms with E-state index in [0.29, 0.717) is 25.3 Å². The molecule has 3 amide bonds. The summed E-state index contributed by atoms with van der Waals surface area (Å²) in [5.41, 5.74) is 5.69. The second-order valence-corrected chi connectivity index (χ2v) is 9.61. The van der Waals surface area contributed by atoms with E-state index >= 15 is 0 Å². The van der Waals surface area contributed by atoms with E-state index < -0.39 is 29.5 Å². The number of nitrogens with two attached hydrogens (primary N) is 1. The van der Waals surface area contributed by atoms with Gasteiger partial charge in [0.2, 0.25) is 5.91 Å². The van der Waals surface area contributed by atoms with Crippen molar-refractivity contribution in [2.24, 2.45) is 16.8 Å². The van der Waals surface area contributed by atoms with E-state index in [4.69, 9.17) is 10.5 Å². The number of halogens is 1. The second-order valence-electron chi connectivity index (χ2n) is 9.61. The monoisotopic (exact) mass is 461 g/mol. The summed E-state index contributed by atoms with van der Waals surface area (Å²) in [5, 5.41) is 5.75. The SMILES string of the molecule is CN(CC1CCCN(C(=O)C2=NN(c3ccc(F)cc3)C(C(N)=O)C2)C1)C(=O)OC(C)(C)C. The molecule has 2 aliphatic heterocycles. The van der Waals surface area contributed by atoms with Crippen molar-refractivity contribution in [3.05, 3.63) is 30.1 Å². The Morgan fingerprint density at radius 3 is 2.52 bits per heavy atom. The Hall–Kier alpha value is -3.17. The van der Waals surface area contributed by atoms with Crippen molar-refractivity contribution in [2.45, 2.75) is 51.7 Å². The maximum absolute atomic E-state index is 13.3. The second kappa shape index (κ2) is 9.76.